The van der Waals surface area contributed by atoms with E-state index >= 15 is 0 Å². The van der Waals surface area contributed by atoms with Crippen molar-refractivity contribution in [1.82, 2.24) is 4.90 Å². The number of carbonyl (C=O) groups excluding carboxylic acids is 1. The molecule has 1 N–H and O–H groups in total. The van der Waals surface area contributed by atoms with Crippen LogP contribution in [0.4, 0.5) is 0 Å². The van der Waals surface area contributed by atoms with Crippen LogP contribution in [0.2, 0.25) is 0 Å². The SMILES string of the molecule is COc1ccc(CCN(Cc2ccccc2)C(=O)COc2c(OC)cccc2C(=O)O)cc1OC. The van der Waals surface area contributed by atoms with E-state index in [1.54, 1.807) is 31.3 Å². The Morgan fingerprint density at radius 2 is 1.51 bits per heavy atom. The van der Waals surface area contributed by atoms with Crippen LogP contribution in [0.15, 0.2) is 66.7 Å². The van der Waals surface area contributed by atoms with E-state index in [2.05, 4.69) is 0 Å². The molecular weight excluding hydrogens is 450 g/mol. The summed E-state index contributed by atoms with van der Waals surface area (Å²) < 4.78 is 21.6. The molecule has 0 aliphatic rings. The lowest BCUT2D eigenvalue weighted by atomic mass is 10.1. The average Bonchev–Trinajstić information content (AvgIpc) is 2.89. The highest BCUT2D eigenvalue weighted by Gasteiger charge is 2.20. The highest BCUT2D eigenvalue weighted by Crippen LogP contribution is 2.31. The zero-order chi connectivity index (χ0) is 25.2. The molecule has 8 heteroatoms. The third kappa shape index (κ3) is 6.66. The summed E-state index contributed by atoms with van der Waals surface area (Å²) in [5, 5.41) is 9.50. The number of carboxylic acids is 1. The van der Waals surface area contributed by atoms with Gasteiger partial charge in [-0.3, -0.25) is 4.79 Å². The van der Waals surface area contributed by atoms with Crippen LogP contribution in [-0.4, -0.2) is 56.4 Å². The molecule has 0 atom stereocenters. The van der Waals surface area contributed by atoms with Crippen molar-refractivity contribution in [2.24, 2.45) is 0 Å². The minimum Gasteiger partial charge on any atom is -0.493 e. The Labute approximate surface area is 204 Å². The summed E-state index contributed by atoms with van der Waals surface area (Å²) in [5.74, 6) is 0.0742. The van der Waals surface area contributed by atoms with E-state index in [1.807, 2.05) is 48.5 Å². The molecule has 3 aromatic carbocycles. The van der Waals surface area contributed by atoms with Crippen molar-refractivity contribution in [1.29, 1.82) is 0 Å². The number of nitrogens with zero attached hydrogens (tertiary/aromatic N) is 1. The smallest absolute Gasteiger partial charge is 0.339 e. The topological polar surface area (TPSA) is 94.5 Å². The van der Waals surface area contributed by atoms with E-state index in [9.17, 15) is 14.7 Å². The summed E-state index contributed by atoms with van der Waals surface area (Å²) >= 11 is 0. The summed E-state index contributed by atoms with van der Waals surface area (Å²) in [6, 6.07) is 19.8. The molecule has 3 aromatic rings. The molecule has 1 amide bonds. The lowest BCUT2D eigenvalue weighted by molar-refractivity contribution is -0.134. The number of amides is 1. The lowest BCUT2D eigenvalue weighted by Gasteiger charge is -2.24. The first kappa shape index (κ1) is 25.4. The molecule has 0 bridgehead atoms. The van der Waals surface area contributed by atoms with Crippen LogP contribution in [0.5, 0.6) is 23.0 Å². The van der Waals surface area contributed by atoms with Crippen LogP contribution in [0.25, 0.3) is 0 Å². The van der Waals surface area contributed by atoms with Crippen molar-refractivity contribution < 1.29 is 33.6 Å². The lowest BCUT2D eigenvalue weighted by Crippen LogP contribution is -2.36. The minimum absolute atomic E-state index is 0.0235. The fraction of sp³-hybridized carbons (Fsp3) is 0.259. The number of hydrogen-bond acceptors (Lipinski definition) is 6. The minimum atomic E-state index is -1.17. The van der Waals surface area contributed by atoms with Crippen molar-refractivity contribution in [2.75, 3.05) is 34.5 Å². The van der Waals surface area contributed by atoms with E-state index in [-0.39, 0.29) is 29.6 Å². The van der Waals surface area contributed by atoms with Gasteiger partial charge in [-0.1, -0.05) is 42.5 Å². The Bertz CT molecular complexity index is 1150. The van der Waals surface area contributed by atoms with Crippen LogP contribution >= 0.6 is 0 Å². The van der Waals surface area contributed by atoms with Crippen LogP contribution in [0, 0.1) is 0 Å². The Kier molecular flexibility index (Phi) is 8.95. The van der Waals surface area contributed by atoms with Gasteiger partial charge in [0.1, 0.15) is 5.56 Å². The predicted molar refractivity (Wildman–Crippen MR) is 131 cm³/mol. The highest BCUT2D eigenvalue weighted by molar-refractivity contribution is 5.92. The van der Waals surface area contributed by atoms with Crippen molar-refractivity contribution in [3.05, 3.63) is 83.4 Å². The van der Waals surface area contributed by atoms with Gasteiger partial charge in [0.25, 0.3) is 5.91 Å². The molecule has 0 fully saturated rings. The third-order valence-corrected chi connectivity index (χ3v) is 5.46. The monoisotopic (exact) mass is 479 g/mol. The molecule has 0 spiro atoms. The average molecular weight is 480 g/mol. The third-order valence-electron chi connectivity index (χ3n) is 5.46. The van der Waals surface area contributed by atoms with E-state index in [0.29, 0.717) is 31.0 Å². The zero-order valence-electron chi connectivity index (χ0n) is 20.0. The molecule has 0 aliphatic carbocycles. The number of carboxylic acid groups (broad SMARTS) is 1. The number of ether oxygens (including phenoxy) is 4. The normalized spacial score (nSPS) is 10.4. The maximum absolute atomic E-state index is 13.2. The van der Waals surface area contributed by atoms with Gasteiger partial charge in [0.15, 0.2) is 29.6 Å². The van der Waals surface area contributed by atoms with Gasteiger partial charge in [0.05, 0.1) is 21.3 Å². The second kappa shape index (κ2) is 12.3. The van der Waals surface area contributed by atoms with Gasteiger partial charge in [-0.05, 0) is 41.8 Å². The number of carbonyl (C=O) groups is 2. The van der Waals surface area contributed by atoms with Crippen molar-refractivity contribution >= 4 is 11.9 Å². The van der Waals surface area contributed by atoms with Crippen LogP contribution in [0.3, 0.4) is 0 Å². The van der Waals surface area contributed by atoms with E-state index < -0.39 is 5.97 Å². The molecule has 35 heavy (non-hydrogen) atoms. The predicted octanol–water partition coefficient (Wildman–Crippen LogP) is 4.06. The first-order valence-corrected chi connectivity index (χ1v) is 11.0. The summed E-state index contributed by atoms with van der Waals surface area (Å²) in [6.45, 7) is 0.470. The summed E-state index contributed by atoms with van der Waals surface area (Å²) in [4.78, 5) is 26.5. The van der Waals surface area contributed by atoms with Crippen LogP contribution in [0.1, 0.15) is 21.5 Å². The van der Waals surface area contributed by atoms with Crippen molar-refractivity contribution in [3.63, 3.8) is 0 Å². The fourth-order valence-electron chi connectivity index (χ4n) is 3.61. The van der Waals surface area contributed by atoms with E-state index in [0.717, 1.165) is 11.1 Å². The maximum Gasteiger partial charge on any atom is 0.339 e. The molecule has 3 rings (SSSR count). The summed E-state index contributed by atoms with van der Waals surface area (Å²) in [5.41, 5.74) is 1.88. The second-order valence-electron chi connectivity index (χ2n) is 7.67. The largest absolute Gasteiger partial charge is 0.493 e. The first-order chi connectivity index (χ1) is 17.0. The van der Waals surface area contributed by atoms with Gasteiger partial charge in [0.2, 0.25) is 0 Å². The summed E-state index contributed by atoms with van der Waals surface area (Å²) in [6.07, 6.45) is 0.577. The number of para-hydroxylation sites is 1. The first-order valence-electron chi connectivity index (χ1n) is 11.0. The molecular formula is C27H29NO7. The molecule has 0 radical (unpaired) electrons. The van der Waals surface area contributed by atoms with Crippen molar-refractivity contribution in [2.45, 2.75) is 13.0 Å². The number of rotatable bonds is 12. The molecule has 8 nitrogen and oxygen atoms in total. The quantitative estimate of drug-likeness (QED) is 0.419. The second-order valence-corrected chi connectivity index (χ2v) is 7.67. The van der Waals surface area contributed by atoms with Gasteiger partial charge in [-0.25, -0.2) is 4.79 Å². The van der Waals surface area contributed by atoms with Crippen LogP contribution < -0.4 is 18.9 Å². The van der Waals surface area contributed by atoms with E-state index in [1.165, 1.54) is 13.2 Å². The van der Waals surface area contributed by atoms with Gasteiger partial charge < -0.3 is 29.0 Å². The molecule has 0 saturated heterocycles. The Morgan fingerprint density at radius 3 is 2.17 bits per heavy atom. The Hall–Kier alpha value is -4.20. The number of benzene rings is 3. The van der Waals surface area contributed by atoms with Gasteiger partial charge in [0, 0.05) is 13.1 Å². The summed E-state index contributed by atoms with van der Waals surface area (Å²) in [7, 11) is 4.57. The number of methoxy groups -OCH3 is 3. The van der Waals surface area contributed by atoms with E-state index in [4.69, 9.17) is 18.9 Å². The molecule has 184 valence electrons. The fourth-order valence-corrected chi connectivity index (χ4v) is 3.61. The molecule has 0 aromatic heterocycles. The van der Waals surface area contributed by atoms with Gasteiger partial charge in [-0.15, -0.1) is 0 Å². The Balaban J connectivity index is 1.77. The standard InChI is InChI=1S/C27H29NO7/c1-32-22-13-12-19(16-24(22)34-3)14-15-28(17-20-8-5-4-6-9-20)25(29)18-35-26-21(27(30)31)10-7-11-23(26)33-2/h4-13,16H,14-15,17-18H2,1-3H3,(H,30,31). The number of hydrogen-bond donors (Lipinski definition) is 1. The Morgan fingerprint density at radius 1 is 0.800 bits per heavy atom. The van der Waals surface area contributed by atoms with Gasteiger partial charge in [-0.2, -0.15) is 0 Å². The molecule has 0 heterocycles. The molecule has 0 unspecified atom stereocenters. The van der Waals surface area contributed by atoms with Crippen LogP contribution in [-0.2, 0) is 17.8 Å². The maximum atomic E-state index is 13.2. The zero-order valence-corrected chi connectivity index (χ0v) is 20.0. The molecule has 0 saturated carbocycles. The molecule has 0 aliphatic heterocycles. The van der Waals surface area contributed by atoms with Gasteiger partial charge >= 0.3 is 5.97 Å². The number of aromatic carboxylic acids is 1. The van der Waals surface area contributed by atoms with Crippen molar-refractivity contribution in [3.8, 4) is 23.0 Å². The highest BCUT2D eigenvalue weighted by atomic mass is 16.5.